The van der Waals surface area contributed by atoms with Crippen LogP contribution >= 0.6 is 11.6 Å². The van der Waals surface area contributed by atoms with Crippen molar-refractivity contribution in [3.8, 4) is 0 Å². The third-order valence-electron chi connectivity index (χ3n) is 4.23. The van der Waals surface area contributed by atoms with Crippen molar-refractivity contribution in [1.29, 1.82) is 0 Å². The number of nitrogens with zero attached hydrogens (tertiary/aromatic N) is 1. The van der Waals surface area contributed by atoms with E-state index in [2.05, 4.69) is 5.32 Å². The van der Waals surface area contributed by atoms with Crippen LogP contribution in [0, 0.1) is 0 Å². The summed E-state index contributed by atoms with van der Waals surface area (Å²) in [6, 6.07) is 9.97. The Morgan fingerprint density at radius 1 is 0.969 bits per heavy atom. The molecule has 0 unspecified atom stereocenters. The molecule has 0 fully saturated rings. The summed E-state index contributed by atoms with van der Waals surface area (Å²) in [5.74, 6) is -3.15. The summed E-state index contributed by atoms with van der Waals surface area (Å²) in [7, 11) is 0. The Bertz CT molecular complexity index is 1120. The van der Waals surface area contributed by atoms with Gasteiger partial charge in [0.1, 0.15) is 0 Å². The molecule has 10 heteroatoms. The van der Waals surface area contributed by atoms with Crippen molar-refractivity contribution in [2.45, 2.75) is 6.92 Å². The van der Waals surface area contributed by atoms with E-state index in [9.17, 15) is 24.0 Å². The molecule has 0 saturated heterocycles. The van der Waals surface area contributed by atoms with Gasteiger partial charge in [0.05, 0.1) is 28.4 Å². The Kier molecular flexibility index (Phi) is 7.01. The highest BCUT2D eigenvalue weighted by Gasteiger charge is 2.26. The maximum Gasteiger partial charge on any atom is 0.339 e. The fourth-order valence-corrected chi connectivity index (χ4v) is 3.00. The Labute approximate surface area is 187 Å². The van der Waals surface area contributed by atoms with E-state index in [-0.39, 0.29) is 34.1 Å². The Morgan fingerprint density at radius 2 is 1.69 bits per heavy atom. The Morgan fingerprint density at radius 3 is 2.38 bits per heavy atom. The summed E-state index contributed by atoms with van der Waals surface area (Å²) in [4.78, 5) is 60.9. The monoisotopic (exact) mass is 456 g/mol. The molecule has 32 heavy (non-hydrogen) atoms. The number of carbonyl (C=O) groups is 5. The van der Waals surface area contributed by atoms with Gasteiger partial charge in [-0.2, -0.15) is 0 Å². The first kappa shape index (κ1) is 22.7. The van der Waals surface area contributed by atoms with Crippen molar-refractivity contribution in [3.63, 3.8) is 0 Å². The number of rotatable bonds is 7. The largest absolute Gasteiger partial charge is 0.462 e. The average Bonchev–Trinajstić information content (AvgIpc) is 3.11. The van der Waals surface area contributed by atoms with Gasteiger partial charge >= 0.3 is 11.9 Å². The van der Waals surface area contributed by atoms with E-state index in [0.717, 1.165) is 17.1 Å². The summed E-state index contributed by atoms with van der Waals surface area (Å²) in [5, 5.41) is 2.66. The second-order valence-corrected chi connectivity index (χ2v) is 6.84. The fourth-order valence-electron chi connectivity index (χ4n) is 2.81. The van der Waals surface area contributed by atoms with E-state index < -0.39 is 36.3 Å². The van der Waals surface area contributed by atoms with Crippen molar-refractivity contribution in [3.05, 3.63) is 70.8 Å². The quantitative estimate of drug-likeness (QED) is 0.502. The number of carbonyl (C=O) groups excluding carboxylic acids is 5. The summed E-state index contributed by atoms with van der Waals surface area (Å²) in [6.07, 6.45) is 2.25. The number of esters is 2. The molecule has 3 rings (SSSR count). The second-order valence-electron chi connectivity index (χ2n) is 6.43. The standard InChI is InChI=1S/C22H17ClN2O7/c1-2-31-22(30)16-11-14(6-7-17(16)23)24-18(26)12-32-21(29)13-4-3-5-15(10-13)25-19(27)8-9-20(25)28/h3-11H,2,12H2,1H3,(H,24,26). The predicted molar refractivity (Wildman–Crippen MR) is 114 cm³/mol. The third-order valence-corrected chi connectivity index (χ3v) is 4.56. The van der Waals surface area contributed by atoms with E-state index >= 15 is 0 Å². The minimum Gasteiger partial charge on any atom is -0.462 e. The number of halogens is 1. The van der Waals surface area contributed by atoms with Crippen LogP contribution in [0.3, 0.4) is 0 Å². The molecule has 0 saturated carbocycles. The number of imide groups is 1. The van der Waals surface area contributed by atoms with Gasteiger partial charge in [-0.15, -0.1) is 0 Å². The molecular formula is C22H17ClN2O7. The van der Waals surface area contributed by atoms with Gasteiger partial charge in [0, 0.05) is 17.8 Å². The molecular weight excluding hydrogens is 440 g/mol. The minimum atomic E-state index is -0.822. The first-order valence-corrected chi connectivity index (χ1v) is 9.77. The van der Waals surface area contributed by atoms with Gasteiger partial charge in [-0.05, 0) is 43.3 Å². The van der Waals surface area contributed by atoms with Crippen LogP contribution in [-0.2, 0) is 23.9 Å². The summed E-state index contributed by atoms with van der Waals surface area (Å²) in [5.41, 5.74) is 0.607. The lowest BCUT2D eigenvalue weighted by Crippen LogP contribution is -2.29. The summed E-state index contributed by atoms with van der Waals surface area (Å²) < 4.78 is 9.90. The van der Waals surface area contributed by atoms with Gasteiger partial charge in [-0.1, -0.05) is 17.7 Å². The second kappa shape index (κ2) is 9.88. The number of benzene rings is 2. The first-order chi connectivity index (χ1) is 15.3. The molecule has 9 nitrogen and oxygen atoms in total. The van der Waals surface area contributed by atoms with Gasteiger partial charge in [0.15, 0.2) is 6.61 Å². The summed E-state index contributed by atoms with van der Waals surface area (Å²) in [6.45, 7) is 1.21. The third kappa shape index (κ3) is 5.19. The SMILES string of the molecule is CCOC(=O)c1cc(NC(=O)COC(=O)c2cccc(N3C(=O)C=CC3=O)c2)ccc1Cl. The average molecular weight is 457 g/mol. The van der Waals surface area contributed by atoms with Crippen LogP contribution in [-0.4, -0.2) is 42.9 Å². The maximum atomic E-state index is 12.3. The number of anilines is 2. The Hall–Kier alpha value is -3.98. The fraction of sp³-hybridized carbons (Fsp3) is 0.136. The lowest BCUT2D eigenvalue weighted by Gasteiger charge is -2.14. The highest BCUT2D eigenvalue weighted by Crippen LogP contribution is 2.22. The molecule has 1 N–H and O–H groups in total. The number of hydrogen-bond acceptors (Lipinski definition) is 7. The molecule has 1 heterocycles. The van der Waals surface area contributed by atoms with E-state index in [1.807, 2.05) is 0 Å². The molecule has 0 atom stereocenters. The molecule has 2 aromatic rings. The smallest absolute Gasteiger partial charge is 0.339 e. The highest BCUT2D eigenvalue weighted by molar-refractivity contribution is 6.33. The van der Waals surface area contributed by atoms with Crippen LogP contribution in [0.1, 0.15) is 27.6 Å². The predicted octanol–water partition coefficient (Wildman–Crippen LogP) is 2.74. The van der Waals surface area contributed by atoms with E-state index in [0.29, 0.717) is 0 Å². The molecule has 1 aliphatic heterocycles. The van der Waals surface area contributed by atoms with E-state index in [1.165, 1.54) is 42.5 Å². The molecule has 0 spiro atoms. The molecule has 0 aromatic heterocycles. The number of amides is 3. The van der Waals surface area contributed by atoms with Crippen LogP contribution in [0.5, 0.6) is 0 Å². The molecule has 0 radical (unpaired) electrons. The van der Waals surface area contributed by atoms with E-state index in [4.69, 9.17) is 21.1 Å². The highest BCUT2D eigenvalue weighted by atomic mass is 35.5. The van der Waals surface area contributed by atoms with Crippen molar-refractivity contribution >= 4 is 52.6 Å². The van der Waals surface area contributed by atoms with Crippen molar-refractivity contribution in [2.75, 3.05) is 23.4 Å². The van der Waals surface area contributed by atoms with Crippen molar-refractivity contribution < 1.29 is 33.4 Å². The number of nitrogens with one attached hydrogen (secondary N) is 1. The zero-order chi connectivity index (χ0) is 23.3. The zero-order valence-corrected chi connectivity index (χ0v) is 17.5. The van der Waals surface area contributed by atoms with Crippen molar-refractivity contribution in [2.24, 2.45) is 0 Å². The van der Waals surface area contributed by atoms with E-state index in [1.54, 1.807) is 6.92 Å². The summed E-state index contributed by atoms with van der Waals surface area (Å²) >= 11 is 5.98. The molecule has 1 aliphatic rings. The molecule has 0 aliphatic carbocycles. The van der Waals surface area contributed by atoms with Crippen LogP contribution in [0.15, 0.2) is 54.6 Å². The molecule has 164 valence electrons. The minimum absolute atomic E-state index is 0.0545. The van der Waals surface area contributed by atoms with Crippen LogP contribution < -0.4 is 10.2 Å². The van der Waals surface area contributed by atoms with Crippen LogP contribution in [0.2, 0.25) is 5.02 Å². The number of ether oxygens (including phenoxy) is 2. The van der Waals surface area contributed by atoms with Gasteiger partial charge in [0.25, 0.3) is 17.7 Å². The Balaban J connectivity index is 1.61. The topological polar surface area (TPSA) is 119 Å². The normalized spacial score (nSPS) is 12.6. The van der Waals surface area contributed by atoms with Gasteiger partial charge in [-0.25, -0.2) is 14.5 Å². The van der Waals surface area contributed by atoms with Gasteiger partial charge in [-0.3, -0.25) is 14.4 Å². The number of hydrogen-bond donors (Lipinski definition) is 1. The van der Waals surface area contributed by atoms with Gasteiger partial charge < -0.3 is 14.8 Å². The van der Waals surface area contributed by atoms with Gasteiger partial charge in [0.2, 0.25) is 0 Å². The van der Waals surface area contributed by atoms with Crippen LogP contribution in [0.25, 0.3) is 0 Å². The lowest BCUT2D eigenvalue weighted by molar-refractivity contribution is -0.120. The van der Waals surface area contributed by atoms with Crippen molar-refractivity contribution in [1.82, 2.24) is 0 Å². The molecule has 2 aromatic carbocycles. The maximum absolute atomic E-state index is 12.3. The molecule has 3 amide bonds. The molecule has 0 bridgehead atoms. The lowest BCUT2D eigenvalue weighted by atomic mass is 10.2. The first-order valence-electron chi connectivity index (χ1n) is 9.40. The van der Waals surface area contributed by atoms with Crippen LogP contribution in [0.4, 0.5) is 11.4 Å². The zero-order valence-electron chi connectivity index (χ0n) is 16.8.